The van der Waals surface area contributed by atoms with Crippen molar-refractivity contribution in [3.8, 4) is 0 Å². The molecule has 0 atom stereocenters. The summed E-state index contributed by atoms with van der Waals surface area (Å²) in [5, 5.41) is 3.10. The first-order chi connectivity index (χ1) is 12.9. The Hall–Kier alpha value is -3.15. The molecule has 0 saturated heterocycles. The van der Waals surface area contributed by atoms with E-state index >= 15 is 0 Å². The summed E-state index contributed by atoms with van der Waals surface area (Å²) in [5.41, 5.74) is 2.82. The Kier molecular flexibility index (Phi) is 5.54. The molecule has 3 aromatic rings. The van der Waals surface area contributed by atoms with Gasteiger partial charge in [-0.05, 0) is 42.5 Å². The average molecular weight is 364 g/mol. The van der Waals surface area contributed by atoms with Gasteiger partial charge in [0.25, 0.3) is 0 Å². The van der Waals surface area contributed by atoms with E-state index in [1.54, 1.807) is 6.92 Å². The molecule has 27 heavy (non-hydrogen) atoms. The van der Waals surface area contributed by atoms with Crippen molar-refractivity contribution in [1.82, 2.24) is 15.0 Å². The van der Waals surface area contributed by atoms with Gasteiger partial charge in [-0.2, -0.15) is 0 Å². The Morgan fingerprint density at radius 1 is 1.07 bits per heavy atom. The van der Waals surface area contributed by atoms with E-state index < -0.39 is 11.6 Å². The monoisotopic (exact) mass is 364 g/mol. The zero-order chi connectivity index (χ0) is 19.4. The van der Waals surface area contributed by atoms with Crippen LogP contribution < -0.4 is 5.32 Å². The summed E-state index contributed by atoms with van der Waals surface area (Å²) in [6, 6.07) is 8.07. The number of nitrogens with one attached hydrogen (secondary N) is 1. The highest BCUT2D eigenvalue weighted by Gasteiger charge is 2.17. The first-order valence-corrected chi connectivity index (χ1v) is 8.77. The molecule has 2 heterocycles. The van der Waals surface area contributed by atoms with E-state index in [2.05, 4.69) is 46.2 Å². The third kappa shape index (κ3) is 4.53. The third-order valence-corrected chi connectivity index (χ3v) is 4.08. The molecule has 1 N–H and O–H groups in total. The van der Waals surface area contributed by atoms with Gasteiger partial charge in [0.15, 0.2) is 11.6 Å². The number of hydrogen-bond acceptors (Lipinski definition) is 5. The van der Waals surface area contributed by atoms with Gasteiger partial charge in [-0.3, -0.25) is 9.78 Å². The van der Waals surface area contributed by atoms with Crippen LogP contribution in [0.4, 0.5) is 16.0 Å². The third-order valence-electron chi connectivity index (χ3n) is 4.08. The normalized spacial score (nSPS) is 10.9. The van der Waals surface area contributed by atoms with Gasteiger partial charge >= 0.3 is 0 Å². The van der Waals surface area contributed by atoms with Gasteiger partial charge in [-0.25, -0.2) is 14.4 Å². The van der Waals surface area contributed by atoms with Crippen LogP contribution in [0.25, 0.3) is 0 Å². The quantitative estimate of drug-likeness (QED) is 0.653. The van der Waals surface area contributed by atoms with E-state index in [-0.39, 0.29) is 11.1 Å². The number of pyridine rings is 1. The molecule has 138 valence electrons. The molecule has 0 fully saturated rings. The molecular weight excluding hydrogens is 343 g/mol. The van der Waals surface area contributed by atoms with Crippen molar-refractivity contribution in [3.63, 3.8) is 0 Å². The van der Waals surface area contributed by atoms with Crippen LogP contribution in [0.2, 0.25) is 0 Å². The van der Waals surface area contributed by atoms with Crippen LogP contribution in [0.15, 0.2) is 49.1 Å². The van der Waals surface area contributed by atoms with Gasteiger partial charge in [0.2, 0.25) is 5.95 Å². The summed E-state index contributed by atoms with van der Waals surface area (Å²) >= 11 is 0. The predicted octanol–water partition coefficient (Wildman–Crippen LogP) is 4.49. The summed E-state index contributed by atoms with van der Waals surface area (Å²) in [4.78, 5) is 24.6. The second-order valence-electron chi connectivity index (χ2n) is 6.86. The summed E-state index contributed by atoms with van der Waals surface area (Å²) in [6.45, 7) is 6.01. The Labute approximate surface area is 157 Å². The highest BCUT2D eigenvalue weighted by atomic mass is 19.1. The van der Waals surface area contributed by atoms with E-state index in [0.29, 0.717) is 17.4 Å². The van der Waals surface area contributed by atoms with E-state index in [0.717, 1.165) is 18.3 Å². The van der Waals surface area contributed by atoms with Gasteiger partial charge in [0.1, 0.15) is 0 Å². The Bertz CT molecular complexity index is 917. The fraction of sp³-hybridized carbons (Fsp3) is 0.238. The second-order valence-corrected chi connectivity index (χ2v) is 6.86. The lowest BCUT2D eigenvalue weighted by molar-refractivity contribution is 0.103. The Morgan fingerprint density at radius 3 is 2.33 bits per heavy atom. The van der Waals surface area contributed by atoms with Gasteiger partial charge in [-0.15, -0.1) is 0 Å². The number of rotatable bonds is 6. The van der Waals surface area contributed by atoms with Gasteiger partial charge in [-0.1, -0.05) is 26.0 Å². The van der Waals surface area contributed by atoms with Gasteiger partial charge in [0, 0.05) is 24.3 Å². The van der Waals surface area contributed by atoms with E-state index in [1.165, 1.54) is 24.2 Å². The summed E-state index contributed by atoms with van der Waals surface area (Å²) in [7, 11) is 0. The molecule has 2 aromatic heterocycles. The summed E-state index contributed by atoms with van der Waals surface area (Å²) < 4.78 is 13.9. The number of carbonyl (C=O) groups is 1. The smallest absolute Gasteiger partial charge is 0.227 e. The lowest BCUT2D eigenvalue weighted by atomic mass is 10.0. The van der Waals surface area contributed by atoms with Crippen molar-refractivity contribution in [3.05, 3.63) is 77.1 Å². The van der Waals surface area contributed by atoms with Crippen LogP contribution in [0.3, 0.4) is 0 Å². The number of nitrogens with zero attached hydrogens (tertiary/aromatic N) is 3. The maximum Gasteiger partial charge on any atom is 0.227 e. The summed E-state index contributed by atoms with van der Waals surface area (Å²) in [6.07, 6.45) is 6.29. The van der Waals surface area contributed by atoms with Crippen molar-refractivity contribution in [2.75, 3.05) is 5.32 Å². The lowest BCUT2D eigenvalue weighted by Crippen LogP contribution is -2.09. The zero-order valence-electron chi connectivity index (χ0n) is 15.5. The molecule has 0 radical (unpaired) electrons. The molecule has 0 saturated carbocycles. The molecular formula is C21H21FN4O. The van der Waals surface area contributed by atoms with E-state index in [1.807, 2.05) is 12.1 Å². The maximum atomic E-state index is 13.9. The van der Waals surface area contributed by atoms with Crippen LogP contribution in [0, 0.1) is 18.7 Å². The van der Waals surface area contributed by atoms with Crippen LogP contribution in [-0.2, 0) is 6.42 Å². The number of aromatic nitrogens is 3. The topological polar surface area (TPSA) is 67.8 Å². The number of benzene rings is 1. The molecule has 1 aromatic carbocycles. The highest BCUT2D eigenvalue weighted by Crippen LogP contribution is 2.18. The molecule has 0 aliphatic heterocycles. The maximum absolute atomic E-state index is 13.9. The van der Waals surface area contributed by atoms with Crippen LogP contribution >= 0.6 is 0 Å². The number of carbonyl (C=O) groups excluding carboxylic acids is 1. The highest BCUT2D eigenvalue weighted by molar-refractivity contribution is 6.09. The number of hydrogen-bond donors (Lipinski definition) is 1. The number of ketones is 1. The summed E-state index contributed by atoms with van der Waals surface area (Å²) in [5.74, 6) is -0.137. The van der Waals surface area contributed by atoms with Crippen molar-refractivity contribution in [2.45, 2.75) is 27.2 Å². The molecule has 6 heteroatoms. The number of halogens is 1. The Balaban J connectivity index is 1.73. The fourth-order valence-electron chi connectivity index (χ4n) is 2.80. The molecule has 0 aliphatic rings. The van der Waals surface area contributed by atoms with Crippen LogP contribution in [-0.4, -0.2) is 20.7 Å². The predicted molar refractivity (Wildman–Crippen MR) is 103 cm³/mol. The molecule has 0 bridgehead atoms. The fourth-order valence-corrected chi connectivity index (χ4v) is 2.80. The van der Waals surface area contributed by atoms with Gasteiger partial charge < -0.3 is 5.32 Å². The van der Waals surface area contributed by atoms with E-state index in [9.17, 15) is 9.18 Å². The largest absolute Gasteiger partial charge is 0.324 e. The van der Waals surface area contributed by atoms with Crippen LogP contribution in [0.1, 0.15) is 40.9 Å². The molecule has 0 spiro atoms. The van der Waals surface area contributed by atoms with Crippen LogP contribution in [0.5, 0.6) is 0 Å². The zero-order valence-corrected chi connectivity index (χ0v) is 15.5. The lowest BCUT2D eigenvalue weighted by Gasteiger charge is -2.09. The number of anilines is 2. The minimum Gasteiger partial charge on any atom is -0.324 e. The van der Waals surface area contributed by atoms with Gasteiger partial charge in [0.05, 0.1) is 17.3 Å². The first-order valence-electron chi connectivity index (χ1n) is 8.77. The second kappa shape index (κ2) is 8.03. The van der Waals surface area contributed by atoms with Crippen molar-refractivity contribution < 1.29 is 9.18 Å². The van der Waals surface area contributed by atoms with Crippen molar-refractivity contribution in [1.29, 1.82) is 0 Å². The molecule has 3 rings (SSSR count). The molecule has 0 amide bonds. The standard InChI is InChI=1S/C21H21FN4O/c1-13(2)8-15-4-6-17(7-5-15)26-21-24-10-16(11-25-21)20(27)19-14(3)9-23-12-18(19)22/h4-7,9-13H,8H2,1-3H3,(H,24,25,26). The minimum atomic E-state index is -0.649. The molecule has 5 nitrogen and oxygen atoms in total. The first kappa shape index (κ1) is 18.6. The van der Waals surface area contributed by atoms with E-state index in [4.69, 9.17) is 0 Å². The Morgan fingerprint density at radius 2 is 1.74 bits per heavy atom. The SMILES string of the molecule is Cc1cncc(F)c1C(=O)c1cnc(Nc2ccc(CC(C)C)cc2)nc1. The molecule has 0 unspecified atom stereocenters. The van der Waals surface area contributed by atoms with Crippen molar-refractivity contribution in [2.24, 2.45) is 5.92 Å². The average Bonchev–Trinajstić information content (AvgIpc) is 2.63. The molecule has 0 aliphatic carbocycles. The number of aryl methyl sites for hydroxylation is 1. The van der Waals surface area contributed by atoms with Crippen molar-refractivity contribution >= 4 is 17.4 Å². The minimum absolute atomic E-state index is 0.00458.